The lowest BCUT2D eigenvalue weighted by Gasteiger charge is -2.08. The van der Waals surface area contributed by atoms with Crippen LogP contribution in [-0.2, 0) is 9.84 Å². The van der Waals surface area contributed by atoms with Gasteiger partial charge in [0.25, 0.3) is 0 Å². The van der Waals surface area contributed by atoms with E-state index in [4.69, 9.17) is 16.7 Å². The van der Waals surface area contributed by atoms with Crippen LogP contribution in [0.2, 0.25) is 5.02 Å². The Hall–Kier alpha value is -2.54. The molecule has 152 valence electrons. The maximum Gasteiger partial charge on any atom is 0.175 e. The fraction of sp³-hybridized carbons (Fsp3) is 0.0870. The van der Waals surface area contributed by atoms with E-state index in [2.05, 4.69) is 12.1 Å². The Morgan fingerprint density at radius 1 is 0.900 bits per heavy atom. The molecule has 0 aliphatic carbocycles. The molecule has 0 fully saturated rings. The molecule has 0 saturated carbocycles. The Balaban J connectivity index is 1.87. The summed E-state index contributed by atoms with van der Waals surface area (Å²) in [7, 11) is -3.26. The number of hydrogen-bond acceptors (Lipinski definition) is 4. The van der Waals surface area contributed by atoms with E-state index in [9.17, 15) is 8.42 Å². The quantitative estimate of drug-likeness (QED) is 0.348. The van der Waals surface area contributed by atoms with Crippen LogP contribution in [-0.4, -0.2) is 30.7 Å². The highest BCUT2D eigenvalue weighted by Crippen LogP contribution is 2.31. The molecule has 1 aromatic heterocycles. The molecule has 3 aromatic carbocycles. The Bertz CT molecular complexity index is 1300. The highest BCUT2D eigenvalue weighted by molar-refractivity contribution is 7.98. The van der Waals surface area contributed by atoms with Crippen LogP contribution in [0.25, 0.3) is 28.2 Å². The zero-order valence-corrected chi connectivity index (χ0v) is 18.8. The van der Waals surface area contributed by atoms with Crippen molar-refractivity contribution in [2.45, 2.75) is 9.79 Å². The maximum atomic E-state index is 11.8. The third kappa shape index (κ3) is 4.31. The topological polar surface area (TPSA) is 52.0 Å². The molecule has 0 N–H and O–H groups in total. The van der Waals surface area contributed by atoms with Gasteiger partial charge in [0.15, 0.2) is 9.84 Å². The average molecular weight is 455 g/mol. The van der Waals surface area contributed by atoms with Crippen molar-refractivity contribution in [3.8, 4) is 28.2 Å². The molecule has 0 amide bonds. The molecule has 4 nitrogen and oxygen atoms in total. The van der Waals surface area contributed by atoms with Gasteiger partial charge in [-0.25, -0.2) is 13.1 Å². The molecule has 0 bridgehead atoms. The van der Waals surface area contributed by atoms with Gasteiger partial charge in [0, 0.05) is 27.3 Å². The third-order valence-corrected chi connectivity index (χ3v) is 6.83. The summed E-state index contributed by atoms with van der Waals surface area (Å²) in [5.74, 6) is 0. The third-order valence-electron chi connectivity index (χ3n) is 4.72. The normalized spacial score (nSPS) is 11.6. The number of nitrogens with zero attached hydrogens (tertiary/aromatic N) is 2. The second kappa shape index (κ2) is 8.30. The zero-order chi connectivity index (χ0) is 21.3. The van der Waals surface area contributed by atoms with Crippen molar-refractivity contribution in [2.75, 3.05) is 12.5 Å². The summed E-state index contributed by atoms with van der Waals surface area (Å²) in [5.41, 5.74) is 4.49. The molecule has 0 spiro atoms. The number of thioether (sulfide) groups is 1. The van der Waals surface area contributed by atoms with Gasteiger partial charge in [-0.1, -0.05) is 35.9 Å². The Morgan fingerprint density at radius 3 is 2.23 bits per heavy atom. The van der Waals surface area contributed by atoms with Gasteiger partial charge < -0.3 is 0 Å². The molecule has 0 aliphatic rings. The molecule has 0 radical (unpaired) electrons. The molecule has 7 heteroatoms. The summed E-state index contributed by atoms with van der Waals surface area (Å²) < 4.78 is 25.5. The van der Waals surface area contributed by atoms with Crippen molar-refractivity contribution in [3.63, 3.8) is 0 Å². The summed E-state index contributed by atoms with van der Waals surface area (Å²) in [6.45, 7) is 0. The fourth-order valence-electron chi connectivity index (χ4n) is 3.16. The van der Waals surface area contributed by atoms with Crippen LogP contribution in [0.3, 0.4) is 0 Å². The van der Waals surface area contributed by atoms with Gasteiger partial charge in [0.1, 0.15) is 0 Å². The van der Waals surface area contributed by atoms with Gasteiger partial charge in [-0.15, -0.1) is 11.8 Å². The Kier molecular flexibility index (Phi) is 5.73. The molecule has 0 unspecified atom stereocenters. The van der Waals surface area contributed by atoms with E-state index in [0.29, 0.717) is 5.02 Å². The Labute approximate surface area is 185 Å². The van der Waals surface area contributed by atoms with Crippen molar-refractivity contribution in [3.05, 3.63) is 83.9 Å². The monoisotopic (exact) mass is 454 g/mol. The summed E-state index contributed by atoms with van der Waals surface area (Å²) in [4.78, 5) is 1.44. The van der Waals surface area contributed by atoms with Crippen molar-refractivity contribution in [1.29, 1.82) is 0 Å². The minimum atomic E-state index is -3.26. The van der Waals surface area contributed by atoms with Crippen LogP contribution in [0, 0.1) is 0 Å². The van der Waals surface area contributed by atoms with Crippen LogP contribution in [0.5, 0.6) is 0 Å². The van der Waals surface area contributed by atoms with Crippen LogP contribution in [0.15, 0.2) is 88.7 Å². The van der Waals surface area contributed by atoms with Gasteiger partial charge >= 0.3 is 0 Å². The molecule has 0 aliphatic heterocycles. The largest absolute Gasteiger partial charge is 0.232 e. The van der Waals surface area contributed by atoms with E-state index >= 15 is 0 Å². The lowest BCUT2D eigenvalue weighted by atomic mass is 10.1. The molecule has 4 rings (SSSR count). The van der Waals surface area contributed by atoms with E-state index in [1.54, 1.807) is 36.0 Å². The SMILES string of the molecule is CSc1cccc(-c2cc(-c3ccc(Cl)cc3)n(-c3ccc(S(C)(=O)=O)cc3)n2)c1. The van der Waals surface area contributed by atoms with Crippen LogP contribution in [0.4, 0.5) is 0 Å². The maximum absolute atomic E-state index is 11.8. The van der Waals surface area contributed by atoms with Gasteiger partial charge in [0.2, 0.25) is 0 Å². The van der Waals surface area contributed by atoms with E-state index < -0.39 is 9.84 Å². The van der Waals surface area contributed by atoms with Gasteiger partial charge in [0.05, 0.1) is 22.0 Å². The number of benzene rings is 3. The van der Waals surface area contributed by atoms with Gasteiger partial charge in [-0.2, -0.15) is 5.10 Å². The number of rotatable bonds is 5. The highest BCUT2D eigenvalue weighted by Gasteiger charge is 2.15. The highest BCUT2D eigenvalue weighted by atomic mass is 35.5. The van der Waals surface area contributed by atoms with Gasteiger partial charge in [-0.3, -0.25) is 0 Å². The number of sulfone groups is 1. The first-order valence-electron chi connectivity index (χ1n) is 9.16. The average Bonchev–Trinajstić information content (AvgIpc) is 3.19. The molecule has 0 atom stereocenters. The number of aromatic nitrogens is 2. The standard InChI is InChI=1S/C23H19ClN2O2S2/c1-29-20-5-3-4-17(14-20)22-15-23(16-6-8-18(24)9-7-16)26(25-22)19-10-12-21(13-11-19)30(2,27)28/h3-15H,1-2H3. The number of halogens is 1. The number of hydrogen-bond donors (Lipinski definition) is 0. The second-order valence-corrected chi connectivity index (χ2v) is 10.2. The molecule has 0 saturated heterocycles. The fourth-order valence-corrected chi connectivity index (χ4v) is 4.38. The molecule has 4 aromatic rings. The molecular weight excluding hydrogens is 436 g/mol. The van der Waals surface area contributed by atoms with Crippen LogP contribution >= 0.6 is 23.4 Å². The minimum absolute atomic E-state index is 0.277. The summed E-state index contributed by atoms with van der Waals surface area (Å²) in [6, 6.07) is 24.6. The minimum Gasteiger partial charge on any atom is -0.232 e. The smallest absolute Gasteiger partial charge is 0.175 e. The summed E-state index contributed by atoms with van der Waals surface area (Å²) in [6.07, 6.45) is 3.24. The van der Waals surface area contributed by atoms with E-state index in [-0.39, 0.29) is 4.90 Å². The van der Waals surface area contributed by atoms with E-state index in [1.165, 1.54) is 6.26 Å². The first-order chi connectivity index (χ1) is 14.3. The van der Waals surface area contributed by atoms with Crippen molar-refractivity contribution >= 4 is 33.2 Å². The van der Waals surface area contributed by atoms with E-state index in [1.807, 2.05) is 53.4 Å². The molecule has 1 heterocycles. The first kappa shape index (κ1) is 20.7. The predicted molar refractivity (Wildman–Crippen MR) is 124 cm³/mol. The zero-order valence-electron chi connectivity index (χ0n) is 16.4. The van der Waals surface area contributed by atoms with Crippen LogP contribution < -0.4 is 0 Å². The van der Waals surface area contributed by atoms with Crippen molar-refractivity contribution in [2.24, 2.45) is 0 Å². The summed E-state index contributed by atoms with van der Waals surface area (Å²) in [5, 5.41) is 5.50. The van der Waals surface area contributed by atoms with Gasteiger partial charge in [-0.05, 0) is 60.9 Å². The first-order valence-corrected chi connectivity index (χ1v) is 12.7. The van der Waals surface area contributed by atoms with Crippen molar-refractivity contribution < 1.29 is 8.42 Å². The summed E-state index contributed by atoms with van der Waals surface area (Å²) >= 11 is 7.75. The Morgan fingerprint density at radius 2 is 1.60 bits per heavy atom. The lowest BCUT2D eigenvalue weighted by molar-refractivity contribution is 0.602. The van der Waals surface area contributed by atoms with Crippen LogP contribution in [0.1, 0.15) is 0 Å². The van der Waals surface area contributed by atoms with Crippen molar-refractivity contribution in [1.82, 2.24) is 9.78 Å². The van der Waals surface area contributed by atoms with E-state index in [0.717, 1.165) is 33.1 Å². The molecule has 30 heavy (non-hydrogen) atoms. The predicted octanol–water partition coefficient (Wildman–Crippen LogP) is 5.99. The lowest BCUT2D eigenvalue weighted by Crippen LogP contribution is -2.01. The molecular formula is C23H19ClN2O2S2. The second-order valence-electron chi connectivity index (χ2n) is 6.83.